The summed E-state index contributed by atoms with van der Waals surface area (Å²) >= 11 is 1.58. The third-order valence-corrected chi connectivity index (χ3v) is 7.08. The lowest BCUT2D eigenvalue weighted by molar-refractivity contribution is -0.118. The summed E-state index contributed by atoms with van der Waals surface area (Å²) in [5.74, 6) is 0.565. The van der Waals surface area contributed by atoms with Crippen LogP contribution in [0.4, 0.5) is 5.69 Å². The summed E-state index contributed by atoms with van der Waals surface area (Å²) in [6.07, 6.45) is 1.82. The normalized spacial score (nSPS) is 23.5. The number of hydrogen-bond donors (Lipinski definition) is 1. The van der Waals surface area contributed by atoms with Crippen LogP contribution in [0.2, 0.25) is 0 Å². The summed E-state index contributed by atoms with van der Waals surface area (Å²) in [6.45, 7) is 3.03. The van der Waals surface area contributed by atoms with Gasteiger partial charge >= 0.3 is 0 Å². The van der Waals surface area contributed by atoms with E-state index in [4.69, 9.17) is 0 Å². The van der Waals surface area contributed by atoms with Crippen LogP contribution in [0.3, 0.4) is 0 Å². The number of anilines is 1. The van der Waals surface area contributed by atoms with E-state index < -0.39 is 10.0 Å². The molecule has 21 heavy (non-hydrogen) atoms. The van der Waals surface area contributed by atoms with Gasteiger partial charge in [-0.05, 0) is 31.0 Å². The van der Waals surface area contributed by atoms with Gasteiger partial charge in [-0.15, -0.1) is 11.8 Å². The van der Waals surface area contributed by atoms with Gasteiger partial charge in [-0.2, -0.15) is 4.31 Å². The highest BCUT2D eigenvalue weighted by Crippen LogP contribution is 2.35. The molecule has 1 fully saturated rings. The van der Waals surface area contributed by atoms with Gasteiger partial charge in [0.15, 0.2) is 0 Å². The molecule has 0 spiro atoms. The molecule has 1 saturated heterocycles. The molecule has 0 saturated carbocycles. The van der Waals surface area contributed by atoms with Crippen molar-refractivity contribution in [2.24, 2.45) is 5.92 Å². The molecule has 1 atom stereocenters. The molecular weight excluding hydrogens is 308 g/mol. The number of nitrogens with zero attached hydrogens (tertiary/aromatic N) is 1. The average Bonchev–Trinajstić information content (AvgIpc) is 2.96. The monoisotopic (exact) mass is 326 g/mol. The van der Waals surface area contributed by atoms with Crippen molar-refractivity contribution in [2.45, 2.75) is 29.6 Å². The molecule has 0 bridgehead atoms. The highest BCUT2D eigenvalue weighted by atomic mass is 32.2. The second kappa shape index (κ2) is 5.62. The van der Waals surface area contributed by atoms with E-state index in [1.165, 1.54) is 4.31 Å². The number of fused-ring (bicyclic) bond motifs is 1. The van der Waals surface area contributed by atoms with Crippen LogP contribution < -0.4 is 5.32 Å². The topological polar surface area (TPSA) is 66.5 Å². The maximum atomic E-state index is 12.6. The number of hydrogen-bond acceptors (Lipinski definition) is 4. The predicted octanol–water partition coefficient (Wildman–Crippen LogP) is 2.15. The van der Waals surface area contributed by atoms with Crippen molar-refractivity contribution in [1.82, 2.24) is 4.31 Å². The molecular formula is C14H18N2O3S2. The predicted molar refractivity (Wildman–Crippen MR) is 83.0 cm³/mol. The van der Waals surface area contributed by atoms with Gasteiger partial charge in [0.05, 0.1) is 10.6 Å². The van der Waals surface area contributed by atoms with Gasteiger partial charge in [0.2, 0.25) is 15.9 Å². The molecule has 1 N–H and O–H groups in total. The van der Waals surface area contributed by atoms with E-state index in [-0.39, 0.29) is 16.7 Å². The number of nitrogens with one attached hydrogen (secondary N) is 1. The summed E-state index contributed by atoms with van der Waals surface area (Å²) in [5.41, 5.74) is 0.606. The number of benzene rings is 1. The molecule has 0 unspecified atom stereocenters. The van der Waals surface area contributed by atoms with Crippen molar-refractivity contribution in [3.63, 3.8) is 0 Å². The second-order valence-electron chi connectivity index (χ2n) is 5.47. The molecule has 0 radical (unpaired) electrons. The van der Waals surface area contributed by atoms with Crippen LogP contribution >= 0.6 is 11.8 Å². The van der Waals surface area contributed by atoms with Crippen molar-refractivity contribution < 1.29 is 13.2 Å². The van der Waals surface area contributed by atoms with E-state index in [9.17, 15) is 13.2 Å². The third-order valence-electron chi connectivity index (χ3n) is 3.85. The van der Waals surface area contributed by atoms with Gasteiger partial charge < -0.3 is 5.32 Å². The van der Waals surface area contributed by atoms with Crippen LogP contribution in [0.1, 0.15) is 19.8 Å². The molecule has 1 aromatic rings. The first kappa shape index (κ1) is 14.9. The van der Waals surface area contributed by atoms with E-state index in [0.717, 1.165) is 17.7 Å². The Balaban J connectivity index is 1.96. The minimum Gasteiger partial charge on any atom is -0.325 e. The van der Waals surface area contributed by atoms with Crippen LogP contribution in [0, 0.1) is 5.92 Å². The van der Waals surface area contributed by atoms with Crippen LogP contribution in [-0.2, 0) is 14.8 Å². The largest absolute Gasteiger partial charge is 0.325 e. The van der Waals surface area contributed by atoms with E-state index in [1.807, 2.05) is 6.92 Å². The number of amides is 1. The first-order valence-corrected chi connectivity index (χ1v) is 9.49. The molecule has 2 aliphatic rings. The fraction of sp³-hybridized carbons (Fsp3) is 0.500. The Kier molecular flexibility index (Phi) is 3.98. The summed E-state index contributed by atoms with van der Waals surface area (Å²) in [5, 5.41) is 2.83. The lowest BCUT2D eigenvalue weighted by Gasteiger charge is -2.17. The van der Waals surface area contributed by atoms with E-state index in [2.05, 4.69) is 5.32 Å². The molecule has 0 aliphatic carbocycles. The zero-order chi connectivity index (χ0) is 15.0. The van der Waals surface area contributed by atoms with Crippen LogP contribution in [0.15, 0.2) is 28.0 Å². The first-order valence-electron chi connectivity index (χ1n) is 7.06. The molecule has 2 aliphatic heterocycles. The average molecular weight is 326 g/mol. The highest BCUT2D eigenvalue weighted by molar-refractivity contribution is 7.99. The van der Waals surface area contributed by atoms with Gasteiger partial charge in [-0.1, -0.05) is 6.92 Å². The Bertz CT molecular complexity index is 667. The minimum atomic E-state index is -3.44. The van der Waals surface area contributed by atoms with Crippen LogP contribution in [-0.4, -0.2) is 37.5 Å². The number of carbonyl (C=O) groups is 1. The van der Waals surface area contributed by atoms with E-state index >= 15 is 0 Å². The first-order chi connectivity index (χ1) is 9.98. The standard InChI is InChI=1S/C14H18N2O3S2/c1-10-9-20-13-5-4-11(8-12(13)15-14(10)17)21(18,19)16-6-2-3-7-16/h4-5,8,10H,2-3,6-7,9H2,1H3,(H,15,17)/t10-/m0/s1. The van der Waals surface area contributed by atoms with Crippen molar-refractivity contribution in [2.75, 3.05) is 24.2 Å². The zero-order valence-corrected chi connectivity index (χ0v) is 13.5. The molecule has 5 nitrogen and oxygen atoms in total. The summed E-state index contributed by atoms with van der Waals surface area (Å²) in [7, 11) is -3.44. The van der Waals surface area contributed by atoms with E-state index in [1.54, 1.807) is 30.0 Å². The molecule has 2 heterocycles. The van der Waals surface area contributed by atoms with Gasteiger partial charge in [-0.3, -0.25) is 4.79 Å². The summed E-state index contributed by atoms with van der Waals surface area (Å²) in [4.78, 5) is 13.1. The minimum absolute atomic E-state index is 0.0584. The second-order valence-corrected chi connectivity index (χ2v) is 8.47. The number of rotatable bonds is 2. The number of sulfonamides is 1. The smallest absolute Gasteiger partial charge is 0.243 e. The summed E-state index contributed by atoms with van der Waals surface area (Å²) < 4.78 is 26.6. The Labute approximate surface area is 129 Å². The lowest BCUT2D eigenvalue weighted by atomic mass is 10.2. The Hall–Kier alpha value is -1.05. The number of thioether (sulfide) groups is 1. The van der Waals surface area contributed by atoms with Crippen LogP contribution in [0.5, 0.6) is 0 Å². The number of carbonyl (C=O) groups excluding carboxylic acids is 1. The van der Waals surface area contributed by atoms with Crippen molar-refractivity contribution in [1.29, 1.82) is 0 Å². The zero-order valence-electron chi connectivity index (χ0n) is 11.8. The molecule has 3 rings (SSSR count). The molecule has 7 heteroatoms. The quantitative estimate of drug-likeness (QED) is 0.904. The molecule has 1 aromatic carbocycles. The maximum Gasteiger partial charge on any atom is 0.243 e. The van der Waals surface area contributed by atoms with Gasteiger partial charge in [0.1, 0.15) is 0 Å². The van der Waals surface area contributed by atoms with E-state index in [0.29, 0.717) is 24.5 Å². The van der Waals surface area contributed by atoms with Gasteiger partial charge in [0.25, 0.3) is 0 Å². The molecule has 1 amide bonds. The fourth-order valence-corrected chi connectivity index (χ4v) is 5.07. The van der Waals surface area contributed by atoms with Crippen LogP contribution in [0.25, 0.3) is 0 Å². The SMILES string of the molecule is C[C@H]1CSc2ccc(S(=O)(=O)N3CCCC3)cc2NC1=O. The van der Waals surface area contributed by atoms with Gasteiger partial charge in [0, 0.05) is 29.7 Å². The Morgan fingerprint density at radius 3 is 2.71 bits per heavy atom. The van der Waals surface area contributed by atoms with Crippen molar-refractivity contribution in [3.8, 4) is 0 Å². The van der Waals surface area contributed by atoms with Gasteiger partial charge in [-0.25, -0.2) is 8.42 Å². The van der Waals surface area contributed by atoms with Crippen molar-refractivity contribution in [3.05, 3.63) is 18.2 Å². The summed E-state index contributed by atoms with van der Waals surface area (Å²) in [6, 6.07) is 5.02. The fourth-order valence-electron chi connectivity index (χ4n) is 2.52. The molecule has 0 aromatic heterocycles. The van der Waals surface area contributed by atoms with Crippen molar-refractivity contribution >= 4 is 33.4 Å². The third kappa shape index (κ3) is 2.82. The highest BCUT2D eigenvalue weighted by Gasteiger charge is 2.28. The Morgan fingerprint density at radius 1 is 1.29 bits per heavy atom. The molecule has 114 valence electrons. The maximum absolute atomic E-state index is 12.6. The lowest BCUT2D eigenvalue weighted by Crippen LogP contribution is -2.28. The Morgan fingerprint density at radius 2 is 2.00 bits per heavy atom.